The molecular formula is C27H46N4O5S. The maximum absolute atomic E-state index is 13.2. The van der Waals surface area contributed by atoms with Gasteiger partial charge in [-0.3, -0.25) is 9.69 Å². The first-order chi connectivity index (χ1) is 17.6. The summed E-state index contributed by atoms with van der Waals surface area (Å²) < 4.78 is 38.5. The normalized spacial score (nSPS) is 21.8. The standard InChI is InChI=1S/C27H46N4O5S/c1-7-30-11-13-31(14-12-30)24-10-8-9-23(19-24)29(5)26(32)20-36-16-15-28(4)37(33,34)27-21(2)17-25(35-6)18-22(27)3/h17-18,23-24H,7-16,19-20H2,1-6H3/t23?,24-/m1/s1. The van der Waals surface area contributed by atoms with E-state index in [4.69, 9.17) is 9.47 Å². The number of amides is 1. The van der Waals surface area contributed by atoms with Gasteiger partial charge in [0.05, 0.1) is 18.6 Å². The van der Waals surface area contributed by atoms with Gasteiger partial charge < -0.3 is 19.3 Å². The Morgan fingerprint density at radius 3 is 2.32 bits per heavy atom. The van der Waals surface area contributed by atoms with Crippen molar-refractivity contribution in [3.05, 3.63) is 23.3 Å². The minimum Gasteiger partial charge on any atom is -0.497 e. The summed E-state index contributed by atoms with van der Waals surface area (Å²) in [5.41, 5.74) is 1.28. The van der Waals surface area contributed by atoms with Crippen molar-refractivity contribution >= 4 is 15.9 Å². The minimum atomic E-state index is -3.69. The summed E-state index contributed by atoms with van der Waals surface area (Å²) >= 11 is 0. The molecule has 1 amide bonds. The van der Waals surface area contributed by atoms with Crippen LogP contribution in [-0.2, 0) is 19.6 Å². The minimum absolute atomic E-state index is 0.0404. The first-order valence-corrected chi connectivity index (χ1v) is 14.9. The van der Waals surface area contributed by atoms with Crippen LogP contribution in [-0.4, -0.2) is 119 Å². The molecule has 3 rings (SSSR count). The number of aryl methyl sites for hydroxylation is 2. The van der Waals surface area contributed by atoms with E-state index in [9.17, 15) is 13.2 Å². The molecule has 9 nitrogen and oxygen atoms in total. The molecule has 1 saturated carbocycles. The van der Waals surface area contributed by atoms with Gasteiger partial charge in [-0.25, -0.2) is 8.42 Å². The zero-order chi connectivity index (χ0) is 27.2. The summed E-state index contributed by atoms with van der Waals surface area (Å²) in [5, 5.41) is 0. The van der Waals surface area contributed by atoms with Gasteiger partial charge in [0.25, 0.3) is 0 Å². The van der Waals surface area contributed by atoms with Gasteiger partial charge in [-0.15, -0.1) is 0 Å². The smallest absolute Gasteiger partial charge is 0.248 e. The van der Waals surface area contributed by atoms with Crippen LogP contribution in [0.4, 0.5) is 0 Å². The van der Waals surface area contributed by atoms with Crippen LogP contribution >= 0.6 is 0 Å². The topological polar surface area (TPSA) is 82.6 Å². The molecule has 2 atom stereocenters. The largest absolute Gasteiger partial charge is 0.497 e. The molecule has 2 fully saturated rings. The Morgan fingerprint density at radius 2 is 1.73 bits per heavy atom. The van der Waals surface area contributed by atoms with Crippen LogP contribution in [0.3, 0.4) is 0 Å². The zero-order valence-corrected chi connectivity index (χ0v) is 24.3. The average Bonchev–Trinajstić information content (AvgIpc) is 2.89. The molecule has 1 aliphatic carbocycles. The molecule has 0 radical (unpaired) electrons. The van der Waals surface area contributed by atoms with Gasteiger partial charge in [-0.2, -0.15) is 4.31 Å². The third-order valence-corrected chi connectivity index (χ3v) is 10.2. The third-order valence-electron chi connectivity index (χ3n) is 8.04. The van der Waals surface area contributed by atoms with Crippen molar-refractivity contribution in [2.75, 3.05) is 73.7 Å². The lowest BCUT2D eigenvalue weighted by Crippen LogP contribution is -2.53. The van der Waals surface area contributed by atoms with Gasteiger partial charge in [0.1, 0.15) is 12.4 Å². The molecule has 1 aromatic carbocycles. The zero-order valence-electron chi connectivity index (χ0n) is 23.5. The Bertz CT molecular complexity index is 987. The number of carbonyl (C=O) groups is 1. The molecule has 210 valence electrons. The first kappa shape index (κ1) is 29.8. The van der Waals surface area contributed by atoms with Crippen molar-refractivity contribution in [3.63, 3.8) is 0 Å². The number of methoxy groups -OCH3 is 1. The second kappa shape index (κ2) is 13.4. The van der Waals surface area contributed by atoms with Crippen molar-refractivity contribution in [1.82, 2.24) is 19.0 Å². The van der Waals surface area contributed by atoms with Crippen LogP contribution in [0, 0.1) is 13.8 Å². The lowest BCUT2D eigenvalue weighted by atomic mass is 9.88. The highest BCUT2D eigenvalue weighted by molar-refractivity contribution is 7.89. The van der Waals surface area contributed by atoms with Crippen molar-refractivity contribution in [2.24, 2.45) is 0 Å². The van der Waals surface area contributed by atoms with Crippen molar-refractivity contribution < 1.29 is 22.7 Å². The fourth-order valence-corrected chi connectivity index (χ4v) is 7.19. The van der Waals surface area contributed by atoms with Crippen LogP contribution in [0.15, 0.2) is 17.0 Å². The molecule has 1 heterocycles. The average molecular weight is 539 g/mol. The molecule has 37 heavy (non-hydrogen) atoms. The number of piperazine rings is 1. The van der Waals surface area contributed by atoms with Crippen molar-refractivity contribution in [1.29, 1.82) is 0 Å². The summed E-state index contributed by atoms with van der Waals surface area (Å²) in [5.74, 6) is 0.583. The molecular weight excluding hydrogens is 492 g/mol. The number of benzene rings is 1. The Hall–Kier alpha value is -1.72. The van der Waals surface area contributed by atoms with E-state index in [0.29, 0.717) is 22.9 Å². The van der Waals surface area contributed by atoms with E-state index < -0.39 is 10.0 Å². The number of nitrogens with zero attached hydrogens (tertiary/aromatic N) is 4. The van der Waals surface area contributed by atoms with Gasteiger partial charge in [0.2, 0.25) is 15.9 Å². The quantitative estimate of drug-likeness (QED) is 0.400. The molecule has 10 heteroatoms. The number of carbonyl (C=O) groups excluding carboxylic acids is 1. The summed E-state index contributed by atoms with van der Waals surface area (Å²) in [6, 6.07) is 4.21. The molecule has 0 bridgehead atoms. The van der Waals surface area contributed by atoms with Gasteiger partial charge in [0.15, 0.2) is 0 Å². The third kappa shape index (κ3) is 7.44. The molecule has 0 N–H and O–H groups in total. The summed E-state index contributed by atoms with van der Waals surface area (Å²) in [7, 11) is 1.29. The molecule has 0 aromatic heterocycles. The van der Waals surface area contributed by atoms with Gasteiger partial charge in [-0.05, 0) is 69.3 Å². The SMILES string of the molecule is CCN1CCN([C@@H]2CCCC(N(C)C(=O)COCCN(C)S(=O)(=O)c3c(C)cc(OC)cc3C)C2)CC1. The van der Waals surface area contributed by atoms with E-state index in [1.807, 2.05) is 11.9 Å². The maximum atomic E-state index is 13.2. The second-order valence-electron chi connectivity index (χ2n) is 10.4. The number of hydrogen-bond donors (Lipinski definition) is 0. The number of ether oxygens (including phenoxy) is 2. The maximum Gasteiger partial charge on any atom is 0.248 e. The number of rotatable bonds is 11. The summed E-state index contributed by atoms with van der Waals surface area (Å²) in [4.78, 5) is 20.1. The highest BCUT2D eigenvalue weighted by atomic mass is 32.2. The van der Waals surface area contributed by atoms with Crippen LogP contribution < -0.4 is 4.74 Å². The fraction of sp³-hybridized carbons (Fsp3) is 0.741. The van der Waals surface area contributed by atoms with Crippen molar-refractivity contribution in [3.8, 4) is 5.75 Å². The van der Waals surface area contributed by atoms with E-state index in [-0.39, 0.29) is 36.6 Å². The number of likely N-dealkylation sites (N-methyl/N-ethyl adjacent to an activating group) is 3. The number of sulfonamides is 1. The van der Waals surface area contributed by atoms with E-state index in [1.165, 1.54) is 17.8 Å². The Morgan fingerprint density at radius 1 is 1.08 bits per heavy atom. The van der Waals surface area contributed by atoms with E-state index >= 15 is 0 Å². The number of hydrogen-bond acceptors (Lipinski definition) is 7. The molecule has 1 unspecified atom stereocenters. The van der Waals surface area contributed by atoms with Crippen LogP contribution in [0.25, 0.3) is 0 Å². The van der Waals surface area contributed by atoms with E-state index in [0.717, 1.165) is 52.0 Å². The molecule has 1 aromatic rings. The predicted molar refractivity (Wildman–Crippen MR) is 146 cm³/mol. The molecule has 1 aliphatic heterocycles. The Labute approximate surface area is 223 Å². The monoisotopic (exact) mass is 538 g/mol. The Kier molecular flexibility index (Phi) is 10.8. The Balaban J connectivity index is 1.46. The molecule has 1 saturated heterocycles. The van der Waals surface area contributed by atoms with Crippen LogP contribution in [0.1, 0.15) is 43.7 Å². The van der Waals surface area contributed by atoms with Gasteiger partial charge in [0, 0.05) is 58.9 Å². The molecule has 2 aliphatic rings. The highest BCUT2D eigenvalue weighted by Gasteiger charge is 2.32. The van der Waals surface area contributed by atoms with E-state index in [1.54, 1.807) is 33.1 Å². The van der Waals surface area contributed by atoms with Crippen LogP contribution in [0.5, 0.6) is 5.75 Å². The van der Waals surface area contributed by atoms with Crippen molar-refractivity contribution in [2.45, 2.75) is 63.4 Å². The molecule has 0 spiro atoms. The van der Waals surface area contributed by atoms with Crippen LogP contribution in [0.2, 0.25) is 0 Å². The highest BCUT2D eigenvalue weighted by Crippen LogP contribution is 2.28. The lowest BCUT2D eigenvalue weighted by molar-refractivity contribution is -0.138. The lowest BCUT2D eigenvalue weighted by Gasteiger charge is -2.43. The van der Waals surface area contributed by atoms with E-state index in [2.05, 4.69) is 16.7 Å². The first-order valence-electron chi connectivity index (χ1n) is 13.5. The fourth-order valence-electron chi connectivity index (χ4n) is 5.64. The van der Waals surface area contributed by atoms with Gasteiger partial charge >= 0.3 is 0 Å². The van der Waals surface area contributed by atoms with Gasteiger partial charge in [-0.1, -0.05) is 6.92 Å². The predicted octanol–water partition coefficient (Wildman–Crippen LogP) is 2.36. The second-order valence-corrected chi connectivity index (χ2v) is 12.4. The summed E-state index contributed by atoms with van der Waals surface area (Å²) in [6.45, 7) is 11.6. The summed E-state index contributed by atoms with van der Waals surface area (Å²) in [6.07, 6.45) is 4.37.